The number of benzene rings is 6. The topological polar surface area (TPSA) is 9.72 Å². The molecule has 0 radical (unpaired) electrons. The van der Waals surface area contributed by atoms with Crippen LogP contribution < -0.4 is 14.7 Å². The fourth-order valence-corrected chi connectivity index (χ4v) is 8.35. The second-order valence-electron chi connectivity index (χ2n) is 15.7. The second-order valence-corrected chi connectivity index (χ2v) is 15.7. The van der Waals surface area contributed by atoms with Gasteiger partial charge in [-0.2, -0.15) is 0 Å². The van der Waals surface area contributed by atoms with E-state index in [0.717, 1.165) is 24.5 Å². The van der Waals surface area contributed by atoms with Crippen LogP contribution in [0.2, 0.25) is 0 Å². The summed E-state index contributed by atoms with van der Waals surface area (Å²) in [7, 11) is 0. The number of rotatable bonds is 10. The number of para-hydroxylation sites is 3. The van der Waals surface area contributed by atoms with Crippen molar-refractivity contribution in [3.63, 3.8) is 0 Å². The first-order valence-corrected chi connectivity index (χ1v) is 19.4. The molecule has 1 aliphatic heterocycles. The summed E-state index contributed by atoms with van der Waals surface area (Å²) in [6.07, 6.45) is 0.0478. The third-order valence-corrected chi connectivity index (χ3v) is 10.9. The van der Waals surface area contributed by atoms with Gasteiger partial charge in [0, 0.05) is 41.2 Å². The van der Waals surface area contributed by atoms with Gasteiger partial charge in [0.25, 0.3) is 0 Å². The first-order chi connectivity index (χ1) is 25.2. The highest BCUT2D eigenvalue weighted by atomic mass is 15.4. The molecule has 3 heteroatoms. The van der Waals surface area contributed by atoms with Gasteiger partial charge in [-0.3, -0.25) is 0 Å². The Balaban J connectivity index is 1.42. The molecule has 0 aromatic heterocycles. The van der Waals surface area contributed by atoms with Crippen molar-refractivity contribution >= 4 is 39.2 Å². The van der Waals surface area contributed by atoms with Crippen LogP contribution in [0.15, 0.2) is 133 Å². The minimum Gasteiger partial charge on any atom is -0.345 e. The normalized spacial score (nSPS) is 13.8. The van der Waals surface area contributed by atoms with Crippen LogP contribution in [-0.4, -0.2) is 13.1 Å². The summed E-state index contributed by atoms with van der Waals surface area (Å²) >= 11 is 0. The SMILES string of the molecule is CC(C)c1cccc(C(C)C)c1N1CCN(c2c(C(C)C)cccc2C(C)C)C1c1ccc(N(c2ccccc2)c2cccc3ccccc23)cc1. The zero-order valence-electron chi connectivity index (χ0n) is 32.3. The molecule has 6 aromatic carbocycles. The summed E-state index contributed by atoms with van der Waals surface area (Å²) in [5.74, 6) is 1.67. The smallest absolute Gasteiger partial charge is 0.128 e. The van der Waals surface area contributed by atoms with Gasteiger partial charge in [-0.25, -0.2) is 0 Å². The molecule has 0 aliphatic carbocycles. The molecule has 3 nitrogen and oxygen atoms in total. The monoisotopic (exact) mass is 685 g/mol. The molecule has 0 atom stereocenters. The van der Waals surface area contributed by atoms with Crippen LogP contribution in [0.1, 0.15) is 113 Å². The van der Waals surface area contributed by atoms with Crippen molar-refractivity contribution in [3.05, 3.63) is 161 Å². The lowest BCUT2D eigenvalue weighted by Gasteiger charge is -2.38. The van der Waals surface area contributed by atoms with Gasteiger partial charge in [0.15, 0.2) is 0 Å². The molecule has 1 aliphatic rings. The standard InChI is InChI=1S/C49H55N3/c1-33(2)41-22-15-23-42(34(3)4)47(41)50-31-32-51(48-43(35(5)6)24-16-25-44(48)36(7)8)49(50)38-27-29-40(30-28-38)52(39-19-10-9-11-20-39)46-26-14-18-37-17-12-13-21-45(37)46/h9-30,33-36,49H,31-32H2,1-8H3. The van der Waals surface area contributed by atoms with E-state index in [1.165, 1.54) is 55.7 Å². The molecule has 1 heterocycles. The quantitative estimate of drug-likeness (QED) is 0.142. The summed E-state index contributed by atoms with van der Waals surface area (Å²) in [5, 5.41) is 2.48. The van der Waals surface area contributed by atoms with E-state index in [4.69, 9.17) is 0 Å². The molecule has 7 rings (SSSR count). The van der Waals surface area contributed by atoms with E-state index in [-0.39, 0.29) is 6.17 Å². The van der Waals surface area contributed by atoms with Crippen LogP contribution >= 0.6 is 0 Å². The summed E-state index contributed by atoms with van der Waals surface area (Å²) in [5.41, 5.74) is 13.4. The third kappa shape index (κ3) is 6.58. The zero-order chi connectivity index (χ0) is 36.5. The van der Waals surface area contributed by atoms with Crippen LogP contribution in [0, 0.1) is 0 Å². The summed E-state index contributed by atoms with van der Waals surface area (Å²) < 4.78 is 0. The molecule has 0 saturated carbocycles. The van der Waals surface area contributed by atoms with Crippen molar-refractivity contribution in [1.82, 2.24) is 0 Å². The van der Waals surface area contributed by atoms with Crippen molar-refractivity contribution in [3.8, 4) is 0 Å². The average Bonchev–Trinajstić information content (AvgIpc) is 3.59. The maximum Gasteiger partial charge on any atom is 0.128 e. The predicted octanol–water partition coefficient (Wildman–Crippen LogP) is 13.8. The van der Waals surface area contributed by atoms with E-state index >= 15 is 0 Å². The van der Waals surface area contributed by atoms with Crippen molar-refractivity contribution in [2.45, 2.75) is 85.2 Å². The van der Waals surface area contributed by atoms with Crippen molar-refractivity contribution in [2.75, 3.05) is 27.8 Å². The highest BCUT2D eigenvalue weighted by Crippen LogP contribution is 2.48. The van der Waals surface area contributed by atoms with Crippen molar-refractivity contribution in [1.29, 1.82) is 0 Å². The number of anilines is 5. The van der Waals surface area contributed by atoms with Crippen LogP contribution in [0.25, 0.3) is 10.8 Å². The van der Waals surface area contributed by atoms with Gasteiger partial charge in [0.1, 0.15) is 6.17 Å². The fraction of sp³-hybridized carbons (Fsp3) is 0.306. The van der Waals surface area contributed by atoms with Gasteiger partial charge >= 0.3 is 0 Å². The number of nitrogens with zero attached hydrogens (tertiary/aromatic N) is 3. The number of hydrogen-bond donors (Lipinski definition) is 0. The van der Waals surface area contributed by atoms with E-state index in [2.05, 4.69) is 204 Å². The van der Waals surface area contributed by atoms with E-state index in [1.807, 2.05) is 0 Å². The number of hydrogen-bond acceptors (Lipinski definition) is 3. The Morgan fingerprint density at radius 2 is 0.865 bits per heavy atom. The highest BCUT2D eigenvalue weighted by Gasteiger charge is 2.38. The predicted molar refractivity (Wildman–Crippen MR) is 225 cm³/mol. The largest absolute Gasteiger partial charge is 0.345 e. The van der Waals surface area contributed by atoms with Gasteiger partial charge in [0.2, 0.25) is 0 Å². The van der Waals surface area contributed by atoms with E-state index in [1.54, 1.807) is 0 Å². The molecule has 1 fully saturated rings. The van der Waals surface area contributed by atoms with Crippen molar-refractivity contribution < 1.29 is 0 Å². The molecular weight excluding hydrogens is 631 g/mol. The molecule has 52 heavy (non-hydrogen) atoms. The molecule has 0 amide bonds. The maximum absolute atomic E-state index is 2.74. The van der Waals surface area contributed by atoms with Gasteiger partial charge < -0.3 is 14.7 Å². The first kappa shape index (κ1) is 35.4. The van der Waals surface area contributed by atoms with Crippen LogP contribution in [-0.2, 0) is 0 Å². The Morgan fingerprint density at radius 1 is 0.442 bits per heavy atom. The van der Waals surface area contributed by atoms with Gasteiger partial charge in [-0.1, -0.05) is 159 Å². The minimum absolute atomic E-state index is 0.0478. The van der Waals surface area contributed by atoms with Crippen molar-refractivity contribution in [2.24, 2.45) is 0 Å². The van der Waals surface area contributed by atoms with Gasteiger partial charge in [-0.15, -0.1) is 0 Å². The fourth-order valence-electron chi connectivity index (χ4n) is 8.35. The van der Waals surface area contributed by atoms with E-state index in [0.29, 0.717) is 23.7 Å². The molecule has 266 valence electrons. The minimum atomic E-state index is 0.0478. The lowest BCUT2D eigenvalue weighted by Crippen LogP contribution is -2.33. The Morgan fingerprint density at radius 3 is 1.37 bits per heavy atom. The summed E-state index contributed by atoms with van der Waals surface area (Å²) in [4.78, 5) is 7.88. The molecular formula is C49H55N3. The molecule has 1 saturated heterocycles. The Hall–Kier alpha value is -5.02. The Labute approximate surface area is 312 Å². The van der Waals surface area contributed by atoms with Gasteiger partial charge in [-0.05, 0) is 87.2 Å². The van der Waals surface area contributed by atoms with Gasteiger partial charge in [0.05, 0.1) is 5.69 Å². The van der Waals surface area contributed by atoms with Crippen LogP contribution in [0.5, 0.6) is 0 Å². The lowest BCUT2D eigenvalue weighted by atomic mass is 9.90. The summed E-state index contributed by atoms with van der Waals surface area (Å²) in [6.45, 7) is 20.7. The Bertz CT molecular complexity index is 2000. The molecule has 0 N–H and O–H groups in total. The van der Waals surface area contributed by atoms with E-state index < -0.39 is 0 Å². The van der Waals surface area contributed by atoms with E-state index in [9.17, 15) is 0 Å². The highest BCUT2D eigenvalue weighted by molar-refractivity contribution is 5.98. The van der Waals surface area contributed by atoms with Crippen LogP contribution in [0.4, 0.5) is 28.4 Å². The zero-order valence-corrected chi connectivity index (χ0v) is 32.3. The first-order valence-electron chi connectivity index (χ1n) is 19.4. The molecule has 0 unspecified atom stereocenters. The molecule has 0 spiro atoms. The maximum atomic E-state index is 2.74. The second kappa shape index (κ2) is 14.9. The molecule has 6 aromatic rings. The lowest BCUT2D eigenvalue weighted by molar-refractivity contribution is 0.687. The average molecular weight is 686 g/mol. The summed E-state index contributed by atoms with van der Waals surface area (Å²) in [6, 6.07) is 49.6. The molecule has 0 bridgehead atoms. The Kier molecular flexibility index (Phi) is 10.1. The third-order valence-electron chi connectivity index (χ3n) is 10.9. The van der Waals surface area contributed by atoms with Crippen LogP contribution in [0.3, 0.4) is 0 Å². The number of fused-ring (bicyclic) bond motifs is 1.